The van der Waals surface area contributed by atoms with E-state index in [1.54, 1.807) is 0 Å². The van der Waals surface area contributed by atoms with Crippen molar-refractivity contribution in [2.45, 2.75) is 60.6 Å². The summed E-state index contributed by atoms with van der Waals surface area (Å²) in [4.78, 5) is 0. The van der Waals surface area contributed by atoms with Crippen molar-refractivity contribution in [1.29, 1.82) is 0 Å². The molecular weight excluding hydrogens is 365 g/mol. The van der Waals surface area contributed by atoms with Crippen molar-refractivity contribution in [1.82, 2.24) is 0 Å². The summed E-state index contributed by atoms with van der Waals surface area (Å²) in [5.41, 5.74) is 0. The summed E-state index contributed by atoms with van der Waals surface area (Å²) in [6.45, 7) is 4.52. The molecule has 0 aromatic heterocycles. The molecule has 0 bridgehead atoms. The van der Waals surface area contributed by atoms with E-state index in [-0.39, 0.29) is 0 Å². The third-order valence-electron chi connectivity index (χ3n) is 2.01. The van der Waals surface area contributed by atoms with E-state index in [1.807, 2.05) is 0 Å². The van der Waals surface area contributed by atoms with Crippen LogP contribution in [-0.4, -0.2) is 20.6 Å². The summed E-state index contributed by atoms with van der Waals surface area (Å²) >= 11 is -1.37. The molecule has 0 aliphatic rings. The molecule has 0 saturated carbocycles. The molecule has 0 heterocycles. The zero-order valence-corrected chi connectivity index (χ0v) is 12.7. The van der Waals surface area contributed by atoms with Gasteiger partial charge >= 0.3 is 89.7 Å². The monoisotopic (exact) mass is 386 g/mol. The standard InChI is InChI=1S/2C5H11.Bi.ClH/c2*1-3-5-4-2;;/h2*1,3-5H2,2H3;;1H/q;;+1;/p-1. The topological polar surface area (TPSA) is 0 Å². The van der Waals surface area contributed by atoms with Crippen molar-refractivity contribution in [2.75, 3.05) is 0 Å². The summed E-state index contributed by atoms with van der Waals surface area (Å²) < 4.78 is 2.85. The molecule has 2 heteroatoms. The predicted molar refractivity (Wildman–Crippen MR) is 60.3 cm³/mol. The zero-order valence-electron chi connectivity index (χ0n) is 8.48. The fraction of sp³-hybridized carbons (Fsp3) is 1.00. The first-order valence-corrected chi connectivity index (χ1v) is 14.4. The van der Waals surface area contributed by atoms with Crippen LogP contribution in [0.3, 0.4) is 0 Å². The van der Waals surface area contributed by atoms with Crippen LogP contribution in [-0.2, 0) is 0 Å². The molecule has 12 heavy (non-hydrogen) atoms. The Morgan fingerprint density at radius 3 is 1.58 bits per heavy atom. The fourth-order valence-corrected chi connectivity index (χ4v) is 8.55. The molecule has 0 radical (unpaired) electrons. The van der Waals surface area contributed by atoms with Crippen LogP contribution in [0.5, 0.6) is 0 Å². The third kappa shape index (κ3) is 9.26. The molecule has 0 amide bonds. The number of unbranched alkanes of at least 4 members (excludes halogenated alkanes) is 4. The molecule has 0 atom stereocenters. The van der Waals surface area contributed by atoms with E-state index in [1.165, 1.54) is 46.8 Å². The van der Waals surface area contributed by atoms with Crippen LogP contribution in [0.1, 0.15) is 52.4 Å². The minimum atomic E-state index is -1.37. The van der Waals surface area contributed by atoms with Gasteiger partial charge in [-0.2, -0.15) is 0 Å². The zero-order chi connectivity index (χ0) is 9.23. The van der Waals surface area contributed by atoms with Crippen molar-refractivity contribution in [3.05, 3.63) is 0 Å². The molecule has 0 aliphatic heterocycles. The van der Waals surface area contributed by atoms with Crippen molar-refractivity contribution < 1.29 is 0 Å². The van der Waals surface area contributed by atoms with Gasteiger partial charge in [0.05, 0.1) is 0 Å². The van der Waals surface area contributed by atoms with Gasteiger partial charge in [0.25, 0.3) is 0 Å². The molecule has 74 valence electrons. The molecule has 0 aliphatic carbocycles. The van der Waals surface area contributed by atoms with Crippen molar-refractivity contribution >= 4 is 29.1 Å². The second-order valence-corrected chi connectivity index (χ2v) is 14.6. The van der Waals surface area contributed by atoms with Crippen LogP contribution in [0.4, 0.5) is 0 Å². The van der Waals surface area contributed by atoms with Gasteiger partial charge in [-0.3, -0.25) is 0 Å². The maximum absolute atomic E-state index is 6.36. The quantitative estimate of drug-likeness (QED) is 0.422. The second kappa shape index (κ2) is 10.3. The van der Waals surface area contributed by atoms with Gasteiger partial charge in [0, 0.05) is 0 Å². The maximum atomic E-state index is 6.36. The number of hydrogen-bond acceptors (Lipinski definition) is 0. The van der Waals surface area contributed by atoms with Crippen LogP contribution >= 0.6 is 8.51 Å². The average Bonchev–Trinajstić information content (AvgIpc) is 2.06. The molecule has 0 unspecified atom stereocenters. The Hall–Kier alpha value is 1.17. The van der Waals surface area contributed by atoms with E-state index in [0.29, 0.717) is 0 Å². The first-order valence-electron chi connectivity index (χ1n) is 5.22. The van der Waals surface area contributed by atoms with Gasteiger partial charge in [-0.15, -0.1) is 0 Å². The predicted octanol–water partition coefficient (Wildman–Crippen LogP) is 4.60. The third-order valence-corrected chi connectivity index (χ3v) is 11.2. The molecule has 0 nitrogen and oxygen atoms in total. The number of rotatable bonds is 8. The molecule has 0 saturated heterocycles. The van der Waals surface area contributed by atoms with Gasteiger partial charge in [0.1, 0.15) is 0 Å². The summed E-state index contributed by atoms with van der Waals surface area (Å²) in [7, 11) is 6.36. The SMILES string of the molecule is CCCC[CH2][Bi]([Cl])[CH2]CCCC. The van der Waals surface area contributed by atoms with Crippen LogP contribution < -0.4 is 0 Å². The molecule has 0 spiro atoms. The number of halogens is 1. The summed E-state index contributed by atoms with van der Waals surface area (Å²) in [5, 5.41) is 0. The van der Waals surface area contributed by atoms with Crippen LogP contribution in [0.2, 0.25) is 8.26 Å². The molecule has 0 aromatic carbocycles. The molecular formula is C10H22BiCl. The Morgan fingerprint density at radius 2 is 1.25 bits per heavy atom. The van der Waals surface area contributed by atoms with Gasteiger partial charge in [0.15, 0.2) is 0 Å². The van der Waals surface area contributed by atoms with E-state index in [2.05, 4.69) is 13.8 Å². The van der Waals surface area contributed by atoms with Crippen LogP contribution in [0, 0.1) is 0 Å². The van der Waals surface area contributed by atoms with E-state index in [9.17, 15) is 0 Å². The summed E-state index contributed by atoms with van der Waals surface area (Å²) in [5.74, 6) is 0. The summed E-state index contributed by atoms with van der Waals surface area (Å²) in [6.07, 6.45) is 8.28. The minimum absolute atomic E-state index is 1.34. The van der Waals surface area contributed by atoms with Gasteiger partial charge in [-0.1, -0.05) is 0 Å². The Morgan fingerprint density at radius 1 is 0.833 bits per heavy atom. The Balaban J connectivity index is 3.04. The summed E-state index contributed by atoms with van der Waals surface area (Å²) in [6, 6.07) is 0. The van der Waals surface area contributed by atoms with Gasteiger partial charge in [0.2, 0.25) is 0 Å². The van der Waals surface area contributed by atoms with E-state index in [4.69, 9.17) is 8.51 Å². The van der Waals surface area contributed by atoms with Crippen LogP contribution in [0.25, 0.3) is 0 Å². The Bertz CT molecular complexity index is 75.9. The molecule has 0 fully saturated rings. The Kier molecular flexibility index (Phi) is 11.3. The van der Waals surface area contributed by atoms with Crippen molar-refractivity contribution in [2.24, 2.45) is 0 Å². The first kappa shape index (κ1) is 13.2. The first-order chi connectivity index (χ1) is 5.81. The fourth-order valence-electron chi connectivity index (χ4n) is 1.18. The normalized spacial score (nSPS) is 11.0. The molecule has 0 rings (SSSR count). The van der Waals surface area contributed by atoms with Crippen LogP contribution in [0.15, 0.2) is 0 Å². The Labute approximate surface area is 89.3 Å². The van der Waals surface area contributed by atoms with Crippen molar-refractivity contribution in [3.63, 3.8) is 0 Å². The van der Waals surface area contributed by atoms with E-state index in [0.717, 1.165) is 0 Å². The van der Waals surface area contributed by atoms with E-state index >= 15 is 0 Å². The molecule has 0 aromatic rings. The average molecular weight is 387 g/mol. The molecule has 0 N–H and O–H groups in total. The van der Waals surface area contributed by atoms with E-state index < -0.39 is 20.6 Å². The second-order valence-electron chi connectivity index (χ2n) is 3.32. The number of hydrogen-bond donors (Lipinski definition) is 0. The van der Waals surface area contributed by atoms with Gasteiger partial charge in [-0.25, -0.2) is 0 Å². The van der Waals surface area contributed by atoms with Gasteiger partial charge < -0.3 is 0 Å². The van der Waals surface area contributed by atoms with Gasteiger partial charge in [-0.05, 0) is 0 Å². The van der Waals surface area contributed by atoms with Crippen molar-refractivity contribution in [3.8, 4) is 0 Å².